The lowest BCUT2D eigenvalue weighted by atomic mass is 10.2. The molecule has 0 aliphatic carbocycles. The zero-order chi connectivity index (χ0) is 22.8. The van der Waals surface area contributed by atoms with Crippen molar-refractivity contribution in [3.63, 3.8) is 0 Å². The number of fused-ring (bicyclic) bond motifs is 1. The smallest absolute Gasteiger partial charge is 0.293 e. The van der Waals surface area contributed by atoms with Crippen LogP contribution in [0, 0.1) is 12.7 Å². The van der Waals surface area contributed by atoms with Gasteiger partial charge in [-0.3, -0.25) is 9.59 Å². The zero-order valence-electron chi connectivity index (χ0n) is 17.6. The van der Waals surface area contributed by atoms with Gasteiger partial charge in [0.05, 0.1) is 37.5 Å². The van der Waals surface area contributed by atoms with Gasteiger partial charge in [-0.05, 0) is 43.3 Å². The highest BCUT2D eigenvalue weighted by Gasteiger charge is 2.17. The van der Waals surface area contributed by atoms with Crippen LogP contribution in [0.3, 0.4) is 0 Å². The quantitative estimate of drug-likeness (QED) is 0.498. The van der Waals surface area contributed by atoms with Crippen molar-refractivity contribution in [3.05, 3.63) is 70.5 Å². The number of halogens is 1. The first-order valence-corrected chi connectivity index (χ1v) is 9.64. The van der Waals surface area contributed by atoms with Crippen LogP contribution in [0.2, 0.25) is 0 Å². The Kier molecular flexibility index (Phi) is 5.59. The zero-order valence-corrected chi connectivity index (χ0v) is 17.6. The van der Waals surface area contributed by atoms with Gasteiger partial charge >= 0.3 is 0 Å². The average molecular weight is 437 g/mol. The molecule has 0 fully saturated rings. The number of hydrogen-bond acceptors (Lipinski definition) is 6. The number of ether oxygens (including phenoxy) is 2. The number of carbonyl (C=O) groups excluding carboxylic acids is 1. The second kappa shape index (κ2) is 8.50. The van der Waals surface area contributed by atoms with Crippen molar-refractivity contribution in [2.75, 3.05) is 19.5 Å². The molecule has 0 radical (unpaired) electrons. The molecule has 2 aromatic heterocycles. The molecule has 0 aliphatic rings. The standard InChI is InChI=1S/C22H20FN5O4/c1-13-17-11-24-28(15-6-4-14(23)5-7-15)21(17)22(30)27(26-13)12-20(29)25-18-10-16(31-2)8-9-19(18)32-3/h4-11H,12H2,1-3H3,(H,25,29). The highest BCUT2D eigenvalue weighted by atomic mass is 19.1. The van der Waals surface area contributed by atoms with E-state index in [2.05, 4.69) is 15.5 Å². The normalized spacial score (nSPS) is 10.9. The third-order valence-corrected chi connectivity index (χ3v) is 4.91. The minimum Gasteiger partial charge on any atom is -0.497 e. The number of carbonyl (C=O) groups is 1. The topological polar surface area (TPSA) is 100 Å². The molecule has 164 valence electrons. The number of rotatable bonds is 6. The Morgan fingerprint density at radius 3 is 2.56 bits per heavy atom. The van der Waals surface area contributed by atoms with Crippen LogP contribution in [0.5, 0.6) is 11.5 Å². The average Bonchev–Trinajstić information content (AvgIpc) is 3.23. The third-order valence-electron chi connectivity index (χ3n) is 4.91. The number of benzene rings is 2. The van der Waals surface area contributed by atoms with Crippen LogP contribution < -0.4 is 20.3 Å². The Morgan fingerprint density at radius 2 is 1.88 bits per heavy atom. The second-order valence-electron chi connectivity index (χ2n) is 6.96. The van der Waals surface area contributed by atoms with Crippen molar-refractivity contribution in [1.82, 2.24) is 19.6 Å². The highest BCUT2D eigenvalue weighted by Crippen LogP contribution is 2.28. The molecule has 0 unspecified atom stereocenters. The second-order valence-corrected chi connectivity index (χ2v) is 6.96. The van der Waals surface area contributed by atoms with E-state index in [1.165, 1.54) is 49.4 Å². The minimum atomic E-state index is -0.500. The molecule has 4 rings (SSSR count). The van der Waals surface area contributed by atoms with Gasteiger partial charge in [0, 0.05) is 11.5 Å². The van der Waals surface area contributed by atoms with E-state index >= 15 is 0 Å². The first kappa shape index (κ1) is 21.0. The molecule has 0 bridgehead atoms. The number of hydrogen-bond donors (Lipinski definition) is 1. The Labute approximate surface area is 182 Å². The maximum atomic E-state index is 13.3. The van der Waals surface area contributed by atoms with E-state index < -0.39 is 17.3 Å². The molecule has 2 heterocycles. The summed E-state index contributed by atoms with van der Waals surface area (Å²) in [5.41, 5.74) is 1.19. The van der Waals surface area contributed by atoms with Crippen LogP contribution in [0.25, 0.3) is 16.6 Å². The monoisotopic (exact) mass is 437 g/mol. The molecule has 10 heteroatoms. The van der Waals surface area contributed by atoms with Gasteiger partial charge in [0.25, 0.3) is 5.56 Å². The molecule has 0 atom stereocenters. The van der Waals surface area contributed by atoms with Crippen LogP contribution in [-0.2, 0) is 11.3 Å². The molecule has 0 spiro atoms. The van der Waals surface area contributed by atoms with Crippen LogP contribution >= 0.6 is 0 Å². The fraction of sp³-hybridized carbons (Fsp3) is 0.182. The molecule has 9 nitrogen and oxygen atoms in total. The summed E-state index contributed by atoms with van der Waals surface area (Å²) in [6.07, 6.45) is 1.52. The maximum Gasteiger partial charge on any atom is 0.293 e. The fourth-order valence-electron chi connectivity index (χ4n) is 3.34. The molecule has 32 heavy (non-hydrogen) atoms. The van der Waals surface area contributed by atoms with Gasteiger partial charge < -0.3 is 14.8 Å². The van der Waals surface area contributed by atoms with E-state index in [1.54, 1.807) is 25.1 Å². The lowest BCUT2D eigenvalue weighted by Crippen LogP contribution is -2.31. The van der Waals surface area contributed by atoms with Gasteiger partial charge in [-0.2, -0.15) is 10.2 Å². The van der Waals surface area contributed by atoms with Crippen molar-refractivity contribution >= 4 is 22.5 Å². The summed E-state index contributed by atoms with van der Waals surface area (Å²) >= 11 is 0. The number of anilines is 1. The third kappa shape index (κ3) is 3.89. The summed E-state index contributed by atoms with van der Waals surface area (Å²) in [6, 6.07) is 10.6. The molecule has 1 N–H and O–H groups in total. The van der Waals surface area contributed by atoms with E-state index in [0.717, 1.165) is 4.68 Å². The Hall–Kier alpha value is -4.21. The number of amides is 1. The summed E-state index contributed by atoms with van der Waals surface area (Å²) in [5, 5.41) is 11.8. The summed E-state index contributed by atoms with van der Waals surface area (Å²) in [5.74, 6) is 0.111. The molecular weight excluding hydrogens is 417 g/mol. The summed E-state index contributed by atoms with van der Waals surface area (Å²) in [7, 11) is 3.00. The predicted octanol–water partition coefficient (Wildman–Crippen LogP) is 2.69. The number of nitrogens with one attached hydrogen (secondary N) is 1. The van der Waals surface area contributed by atoms with Crippen LogP contribution in [0.4, 0.5) is 10.1 Å². The van der Waals surface area contributed by atoms with Crippen LogP contribution in [0.15, 0.2) is 53.5 Å². The van der Waals surface area contributed by atoms with Gasteiger partial charge in [-0.1, -0.05) is 0 Å². The Bertz CT molecular complexity index is 1360. The van der Waals surface area contributed by atoms with Crippen molar-refractivity contribution < 1.29 is 18.7 Å². The molecule has 1 amide bonds. The molecule has 0 saturated heterocycles. The van der Waals surface area contributed by atoms with Crippen LogP contribution in [0.1, 0.15) is 5.69 Å². The van der Waals surface area contributed by atoms with Gasteiger partial charge in [-0.25, -0.2) is 13.8 Å². The van der Waals surface area contributed by atoms with E-state index in [-0.39, 0.29) is 12.1 Å². The summed E-state index contributed by atoms with van der Waals surface area (Å²) in [6.45, 7) is 1.39. The first-order valence-electron chi connectivity index (χ1n) is 9.64. The van der Waals surface area contributed by atoms with E-state index in [9.17, 15) is 14.0 Å². The number of nitrogens with zero attached hydrogens (tertiary/aromatic N) is 4. The highest BCUT2D eigenvalue weighted by molar-refractivity contribution is 5.92. The van der Waals surface area contributed by atoms with Gasteiger partial charge in [0.15, 0.2) is 0 Å². The Balaban J connectivity index is 1.69. The molecule has 2 aromatic carbocycles. The molecule has 0 saturated carbocycles. The lowest BCUT2D eigenvalue weighted by Gasteiger charge is -2.12. The van der Waals surface area contributed by atoms with E-state index in [4.69, 9.17) is 9.47 Å². The summed E-state index contributed by atoms with van der Waals surface area (Å²) < 4.78 is 26.2. The Morgan fingerprint density at radius 1 is 1.12 bits per heavy atom. The molecule has 0 aliphatic heterocycles. The van der Waals surface area contributed by atoms with Gasteiger partial charge in [0.2, 0.25) is 5.91 Å². The van der Waals surface area contributed by atoms with Crippen LogP contribution in [-0.4, -0.2) is 39.7 Å². The molecule has 4 aromatic rings. The fourth-order valence-corrected chi connectivity index (χ4v) is 3.34. The predicted molar refractivity (Wildman–Crippen MR) is 116 cm³/mol. The number of aryl methyl sites for hydroxylation is 1. The maximum absolute atomic E-state index is 13.3. The van der Waals surface area contributed by atoms with E-state index in [1.807, 2.05) is 0 Å². The largest absolute Gasteiger partial charge is 0.497 e. The lowest BCUT2D eigenvalue weighted by molar-refractivity contribution is -0.117. The number of aromatic nitrogens is 4. The van der Waals surface area contributed by atoms with Crippen molar-refractivity contribution in [2.45, 2.75) is 13.5 Å². The first-order chi connectivity index (χ1) is 15.4. The molecular formula is C22H20FN5O4. The number of methoxy groups -OCH3 is 2. The minimum absolute atomic E-state index is 0.246. The van der Waals surface area contributed by atoms with Crippen molar-refractivity contribution in [3.8, 4) is 17.2 Å². The summed E-state index contributed by atoms with van der Waals surface area (Å²) in [4.78, 5) is 25.9. The SMILES string of the molecule is COc1ccc(OC)c(NC(=O)Cn2nc(C)c3cnn(-c4ccc(F)cc4)c3c2=O)c1. The van der Waals surface area contributed by atoms with Gasteiger partial charge in [0.1, 0.15) is 29.4 Å². The van der Waals surface area contributed by atoms with E-state index in [0.29, 0.717) is 34.0 Å². The van der Waals surface area contributed by atoms with Crippen molar-refractivity contribution in [1.29, 1.82) is 0 Å². The van der Waals surface area contributed by atoms with Crippen molar-refractivity contribution in [2.24, 2.45) is 0 Å². The van der Waals surface area contributed by atoms with Gasteiger partial charge in [-0.15, -0.1) is 0 Å².